The summed E-state index contributed by atoms with van der Waals surface area (Å²) in [7, 11) is -1.62. The number of rotatable bonds is 5. The average Bonchev–Trinajstić information content (AvgIpc) is 2.21. The van der Waals surface area contributed by atoms with Crippen molar-refractivity contribution in [2.45, 2.75) is 18.4 Å². The van der Waals surface area contributed by atoms with Gasteiger partial charge >= 0.3 is 0 Å². The van der Waals surface area contributed by atoms with Crippen LogP contribution in [0.2, 0.25) is 5.02 Å². The summed E-state index contributed by atoms with van der Waals surface area (Å²) in [5.74, 6) is 0. The Bertz CT molecular complexity index is 460. The Morgan fingerprint density at radius 3 is 2.62 bits per heavy atom. The third kappa shape index (κ3) is 3.18. The number of halogens is 1. The van der Waals surface area contributed by atoms with Crippen LogP contribution >= 0.6 is 11.6 Å². The molecule has 6 heteroatoms. The zero-order valence-electron chi connectivity index (χ0n) is 9.25. The second-order valence-corrected chi connectivity index (χ2v) is 5.46. The van der Waals surface area contributed by atoms with Crippen LogP contribution in [0, 0.1) is 0 Å². The third-order valence-electron chi connectivity index (χ3n) is 2.03. The minimum Gasteiger partial charge on any atom is -0.316 e. The molecular weight excluding hydrogens is 248 g/mol. The summed E-state index contributed by atoms with van der Waals surface area (Å²) in [6, 6.07) is 4.68. The summed E-state index contributed by atoms with van der Waals surface area (Å²) in [4.78, 5) is 0.240. The number of benzene rings is 1. The first-order valence-electron chi connectivity index (χ1n) is 4.94. The SMILES string of the molecule is CCNS(=O)(=O)c1ccc(Cl)c(CNC)c1. The van der Waals surface area contributed by atoms with Crippen LogP contribution in [-0.4, -0.2) is 22.0 Å². The predicted molar refractivity (Wildman–Crippen MR) is 65.1 cm³/mol. The van der Waals surface area contributed by atoms with Crippen LogP contribution in [-0.2, 0) is 16.6 Å². The highest BCUT2D eigenvalue weighted by molar-refractivity contribution is 7.89. The van der Waals surface area contributed by atoms with Crippen LogP contribution in [0.1, 0.15) is 12.5 Å². The summed E-state index contributed by atoms with van der Waals surface area (Å²) in [5, 5.41) is 3.50. The number of nitrogens with one attached hydrogen (secondary N) is 2. The maximum Gasteiger partial charge on any atom is 0.240 e. The molecular formula is C10H15ClN2O2S. The summed E-state index contributed by atoms with van der Waals surface area (Å²) in [6.45, 7) is 2.64. The van der Waals surface area contributed by atoms with Gasteiger partial charge in [0.05, 0.1) is 4.90 Å². The fourth-order valence-electron chi connectivity index (χ4n) is 1.32. The smallest absolute Gasteiger partial charge is 0.240 e. The van der Waals surface area contributed by atoms with Crippen molar-refractivity contribution < 1.29 is 8.42 Å². The topological polar surface area (TPSA) is 58.2 Å². The Hall–Kier alpha value is -0.620. The quantitative estimate of drug-likeness (QED) is 0.842. The van der Waals surface area contributed by atoms with E-state index in [4.69, 9.17) is 11.6 Å². The van der Waals surface area contributed by atoms with E-state index >= 15 is 0 Å². The minimum atomic E-state index is -3.40. The maximum atomic E-state index is 11.7. The number of hydrogen-bond donors (Lipinski definition) is 2. The molecule has 0 aliphatic carbocycles. The van der Waals surface area contributed by atoms with Crippen molar-refractivity contribution >= 4 is 21.6 Å². The molecule has 0 aromatic heterocycles. The van der Waals surface area contributed by atoms with Crippen molar-refractivity contribution in [3.05, 3.63) is 28.8 Å². The van der Waals surface area contributed by atoms with Crippen LogP contribution in [0.25, 0.3) is 0 Å². The van der Waals surface area contributed by atoms with Gasteiger partial charge in [-0.05, 0) is 30.8 Å². The first-order chi connectivity index (χ1) is 7.51. The minimum absolute atomic E-state index is 0.240. The largest absolute Gasteiger partial charge is 0.316 e. The molecule has 0 atom stereocenters. The monoisotopic (exact) mass is 262 g/mol. The molecule has 1 aromatic carbocycles. The van der Waals surface area contributed by atoms with E-state index in [2.05, 4.69) is 10.0 Å². The van der Waals surface area contributed by atoms with Crippen LogP contribution in [0.5, 0.6) is 0 Å². The van der Waals surface area contributed by atoms with Gasteiger partial charge in [-0.3, -0.25) is 0 Å². The summed E-state index contributed by atoms with van der Waals surface area (Å²) < 4.78 is 25.9. The Morgan fingerprint density at radius 2 is 2.06 bits per heavy atom. The van der Waals surface area contributed by atoms with Gasteiger partial charge in [-0.15, -0.1) is 0 Å². The van der Waals surface area contributed by atoms with Crippen LogP contribution in [0.15, 0.2) is 23.1 Å². The normalized spacial score (nSPS) is 11.7. The van der Waals surface area contributed by atoms with Gasteiger partial charge in [0.15, 0.2) is 0 Å². The zero-order chi connectivity index (χ0) is 12.2. The molecule has 90 valence electrons. The highest BCUT2D eigenvalue weighted by atomic mass is 35.5. The Labute approximate surface area is 101 Å². The average molecular weight is 263 g/mol. The van der Waals surface area contributed by atoms with Crippen LogP contribution < -0.4 is 10.0 Å². The lowest BCUT2D eigenvalue weighted by Gasteiger charge is -2.08. The predicted octanol–water partition coefficient (Wildman–Crippen LogP) is 1.36. The molecule has 1 rings (SSSR count). The van der Waals surface area contributed by atoms with E-state index in [0.29, 0.717) is 18.1 Å². The molecule has 1 aromatic rings. The molecule has 0 saturated heterocycles. The Morgan fingerprint density at radius 1 is 1.38 bits per heavy atom. The molecule has 2 N–H and O–H groups in total. The van der Waals surface area contributed by atoms with Crippen molar-refractivity contribution in [2.75, 3.05) is 13.6 Å². The Kier molecular flexibility index (Phi) is 4.73. The van der Waals surface area contributed by atoms with E-state index in [1.54, 1.807) is 26.1 Å². The van der Waals surface area contributed by atoms with E-state index in [0.717, 1.165) is 5.56 Å². The van der Waals surface area contributed by atoms with Gasteiger partial charge in [0.2, 0.25) is 10.0 Å². The van der Waals surface area contributed by atoms with Gasteiger partial charge in [-0.1, -0.05) is 18.5 Å². The van der Waals surface area contributed by atoms with Gasteiger partial charge in [0.25, 0.3) is 0 Å². The number of hydrogen-bond acceptors (Lipinski definition) is 3. The van der Waals surface area contributed by atoms with Gasteiger partial charge in [-0.2, -0.15) is 0 Å². The summed E-state index contributed by atoms with van der Waals surface area (Å²) >= 11 is 5.95. The van der Waals surface area contributed by atoms with E-state index < -0.39 is 10.0 Å². The number of sulfonamides is 1. The summed E-state index contributed by atoms with van der Waals surface area (Å²) in [6.07, 6.45) is 0. The van der Waals surface area contributed by atoms with Gasteiger partial charge in [0.1, 0.15) is 0 Å². The fourth-order valence-corrected chi connectivity index (χ4v) is 2.59. The van der Waals surface area contributed by atoms with Gasteiger partial charge in [-0.25, -0.2) is 13.1 Å². The zero-order valence-corrected chi connectivity index (χ0v) is 10.8. The molecule has 4 nitrogen and oxygen atoms in total. The second kappa shape index (κ2) is 5.63. The molecule has 0 aliphatic heterocycles. The first-order valence-corrected chi connectivity index (χ1v) is 6.80. The van der Waals surface area contributed by atoms with Crippen LogP contribution in [0.3, 0.4) is 0 Å². The van der Waals surface area contributed by atoms with Gasteiger partial charge in [0, 0.05) is 18.1 Å². The first kappa shape index (κ1) is 13.4. The molecule has 0 amide bonds. The van der Waals surface area contributed by atoms with Crippen molar-refractivity contribution in [3.8, 4) is 0 Å². The molecule has 0 radical (unpaired) electrons. The molecule has 0 aliphatic rings. The van der Waals surface area contributed by atoms with Crippen molar-refractivity contribution in [2.24, 2.45) is 0 Å². The third-order valence-corrected chi connectivity index (χ3v) is 3.94. The highest BCUT2D eigenvalue weighted by Gasteiger charge is 2.14. The van der Waals surface area contributed by atoms with E-state index in [-0.39, 0.29) is 4.90 Å². The van der Waals surface area contributed by atoms with E-state index in [1.807, 2.05) is 0 Å². The van der Waals surface area contributed by atoms with E-state index in [1.165, 1.54) is 6.07 Å². The molecule has 0 bridgehead atoms. The summed E-state index contributed by atoms with van der Waals surface area (Å²) in [5.41, 5.74) is 0.767. The lowest BCUT2D eigenvalue weighted by Crippen LogP contribution is -2.23. The molecule has 16 heavy (non-hydrogen) atoms. The molecule has 0 unspecified atom stereocenters. The molecule has 0 fully saturated rings. The fraction of sp³-hybridized carbons (Fsp3) is 0.400. The molecule has 0 spiro atoms. The Balaban J connectivity index is 3.12. The lowest BCUT2D eigenvalue weighted by molar-refractivity contribution is 0.583. The molecule has 0 heterocycles. The standard InChI is InChI=1S/C10H15ClN2O2S/c1-3-13-16(14,15)9-4-5-10(11)8(6-9)7-12-2/h4-6,12-13H,3,7H2,1-2H3. The molecule has 0 saturated carbocycles. The highest BCUT2D eigenvalue weighted by Crippen LogP contribution is 2.20. The van der Waals surface area contributed by atoms with E-state index in [9.17, 15) is 8.42 Å². The second-order valence-electron chi connectivity index (χ2n) is 3.28. The van der Waals surface area contributed by atoms with Crippen LogP contribution in [0.4, 0.5) is 0 Å². The van der Waals surface area contributed by atoms with Crippen molar-refractivity contribution in [1.82, 2.24) is 10.0 Å². The maximum absolute atomic E-state index is 11.7. The van der Waals surface area contributed by atoms with Crippen molar-refractivity contribution in [3.63, 3.8) is 0 Å². The van der Waals surface area contributed by atoms with Gasteiger partial charge < -0.3 is 5.32 Å². The van der Waals surface area contributed by atoms with Crippen molar-refractivity contribution in [1.29, 1.82) is 0 Å². The lowest BCUT2D eigenvalue weighted by atomic mass is 10.2.